The van der Waals surface area contributed by atoms with Crippen molar-refractivity contribution in [3.8, 4) is 0 Å². The zero-order chi connectivity index (χ0) is 12.3. The summed E-state index contributed by atoms with van der Waals surface area (Å²) < 4.78 is 5.38. The molecule has 0 amide bonds. The molecule has 0 spiro atoms. The van der Waals surface area contributed by atoms with Crippen LogP contribution in [0.1, 0.15) is 43.9 Å². The van der Waals surface area contributed by atoms with Crippen LogP contribution in [0, 0.1) is 5.92 Å². The van der Waals surface area contributed by atoms with Crippen molar-refractivity contribution in [2.45, 2.75) is 39.0 Å². The minimum absolute atomic E-state index is 0.576. The minimum Gasteiger partial charge on any atom is -0.397 e. The average Bonchev–Trinajstić information content (AvgIpc) is 2.32. The van der Waals surface area contributed by atoms with E-state index in [9.17, 15) is 0 Å². The quantitative estimate of drug-likeness (QED) is 0.874. The van der Waals surface area contributed by atoms with Gasteiger partial charge in [-0.3, -0.25) is 4.98 Å². The van der Waals surface area contributed by atoms with Gasteiger partial charge in [0.25, 0.3) is 0 Å². The van der Waals surface area contributed by atoms with E-state index < -0.39 is 0 Å². The Kier molecular flexibility index (Phi) is 4.00. The van der Waals surface area contributed by atoms with E-state index in [-0.39, 0.29) is 0 Å². The SMILES string of the molecule is CC(C)Cc1ncc(C2CCOCC2)cc1N. The van der Waals surface area contributed by atoms with Gasteiger partial charge in [-0.05, 0) is 42.7 Å². The second kappa shape index (κ2) is 5.50. The molecule has 2 rings (SSSR count). The van der Waals surface area contributed by atoms with E-state index in [0.29, 0.717) is 11.8 Å². The van der Waals surface area contributed by atoms with E-state index in [0.717, 1.165) is 43.9 Å². The molecule has 1 aliphatic heterocycles. The van der Waals surface area contributed by atoms with Gasteiger partial charge in [-0.1, -0.05) is 13.8 Å². The number of aromatic nitrogens is 1. The molecule has 0 unspecified atom stereocenters. The summed E-state index contributed by atoms with van der Waals surface area (Å²) in [5, 5.41) is 0. The zero-order valence-electron chi connectivity index (χ0n) is 10.8. The highest BCUT2D eigenvalue weighted by molar-refractivity contribution is 5.45. The predicted molar refractivity (Wildman–Crippen MR) is 70.0 cm³/mol. The van der Waals surface area contributed by atoms with E-state index in [1.165, 1.54) is 5.56 Å². The maximum Gasteiger partial charge on any atom is 0.0635 e. The fraction of sp³-hybridized carbons (Fsp3) is 0.643. The summed E-state index contributed by atoms with van der Waals surface area (Å²) in [6, 6.07) is 2.11. The molecule has 0 radical (unpaired) electrons. The second-order valence-electron chi connectivity index (χ2n) is 5.29. The average molecular weight is 234 g/mol. The Balaban J connectivity index is 2.12. The summed E-state index contributed by atoms with van der Waals surface area (Å²) in [4.78, 5) is 4.53. The van der Waals surface area contributed by atoms with Crippen molar-refractivity contribution in [2.24, 2.45) is 5.92 Å². The van der Waals surface area contributed by atoms with Crippen LogP contribution in [0.25, 0.3) is 0 Å². The molecule has 0 bridgehead atoms. The number of anilines is 1. The summed E-state index contributed by atoms with van der Waals surface area (Å²) in [7, 11) is 0. The molecule has 1 aliphatic rings. The fourth-order valence-corrected chi connectivity index (χ4v) is 2.34. The normalized spacial score (nSPS) is 17.6. The first-order valence-electron chi connectivity index (χ1n) is 6.49. The standard InChI is InChI=1S/C14H22N2O/c1-10(2)7-14-13(15)8-12(9-16-14)11-3-5-17-6-4-11/h8-11H,3-7,15H2,1-2H3. The second-order valence-corrected chi connectivity index (χ2v) is 5.29. The molecular weight excluding hydrogens is 212 g/mol. The number of rotatable bonds is 3. The van der Waals surface area contributed by atoms with Gasteiger partial charge in [0.15, 0.2) is 0 Å². The van der Waals surface area contributed by atoms with Crippen molar-refractivity contribution in [2.75, 3.05) is 18.9 Å². The molecule has 0 saturated carbocycles. The van der Waals surface area contributed by atoms with Gasteiger partial charge in [-0.15, -0.1) is 0 Å². The largest absolute Gasteiger partial charge is 0.397 e. The van der Waals surface area contributed by atoms with Gasteiger partial charge in [0.1, 0.15) is 0 Å². The third-order valence-corrected chi connectivity index (χ3v) is 3.32. The molecule has 1 aromatic rings. The number of ether oxygens (including phenoxy) is 1. The van der Waals surface area contributed by atoms with E-state index in [2.05, 4.69) is 24.9 Å². The van der Waals surface area contributed by atoms with Crippen molar-refractivity contribution in [1.29, 1.82) is 0 Å². The first-order chi connectivity index (χ1) is 8.16. The lowest BCUT2D eigenvalue weighted by Gasteiger charge is -2.22. The third-order valence-electron chi connectivity index (χ3n) is 3.32. The van der Waals surface area contributed by atoms with Gasteiger partial charge >= 0.3 is 0 Å². The lowest BCUT2D eigenvalue weighted by atomic mass is 9.92. The molecule has 3 nitrogen and oxygen atoms in total. The van der Waals surface area contributed by atoms with Crippen molar-refractivity contribution >= 4 is 5.69 Å². The van der Waals surface area contributed by atoms with Crippen LogP contribution < -0.4 is 5.73 Å². The van der Waals surface area contributed by atoms with Crippen molar-refractivity contribution in [1.82, 2.24) is 4.98 Å². The number of hydrogen-bond donors (Lipinski definition) is 1. The summed E-state index contributed by atoms with van der Waals surface area (Å²) in [6.45, 7) is 6.09. The van der Waals surface area contributed by atoms with Crippen LogP contribution in [0.4, 0.5) is 5.69 Å². The predicted octanol–water partition coefficient (Wildman–Crippen LogP) is 2.76. The molecule has 3 heteroatoms. The summed E-state index contributed by atoms with van der Waals surface area (Å²) in [6.07, 6.45) is 5.14. The molecular formula is C14H22N2O. The molecule has 0 atom stereocenters. The van der Waals surface area contributed by atoms with Gasteiger partial charge in [-0.2, -0.15) is 0 Å². The molecule has 1 saturated heterocycles. The Labute approximate surface area is 103 Å². The Morgan fingerprint density at radius 3 is 2.71 bits per heavy atom. The highest BCUT2D eigenvalue weighted by Gasteiger charge is 2.17. The van der Waals surface area contributed by atoms with Gasteiger partial charge < -0.3 is 10.5 Å². The molecule has 94 valence electrons. The maximum absolute atomic E-state index is 6.08. The summed E-state index contributed by atoms with van der Waals surface area (Å²) >= 11 is 0. The molecule has 0 aliphatic carbocycles. The number of hydrogen-bond acceptors (Lipinski definition) is 3. The van der Waals surface area contributed by atoms with E-state index >= 15 is 0 Å². The Morgan fingerprint density at radius 2 is 2.12 bits per heavy atom. The van der Waals surface area contributed by atoms with Gasteiger partial charge in [0.2, 0.25) is 0 Å². The number of nitrogens with zero attached hydrogens (tertiary/aromatic N) is 1. The Morgan fingerprint density at radius 1 is 1.41 bits per heavy atom. The lowest BCUT2D eigenvalue weighted by molar-refractivity contribution is 0.0853. The van der Waals surface area contributed by atoms with Crippen LogP contribution in [-0.2, 0) is 11.2 Å². The van der Waals surface area contributed by atoms with E-state index in [1.54, 1.807) is 0 Å². The lowest BCUT2D eigenvalue weighted by Crippen LogP contribution is -2.15. The molecule has 17 heavy (non-hydrogen) atoms. The van der Waals surface area contributed by atoms with E-state index in [4.69, 9.17) is 10.5 Å². The van der Waals surface area contributed by atoms with Crippen LogP contribution in [0.5, 0.6) is 0 Å². The zero-order valence-corrected chi connectivity index (χ0v) is 10.8. The molecule has 0 aromatic carbocycles. The van der Waals surface area contributed by atoms with Crippen LogP contribution >= 0.6 is 0 Å². The van der Waals surface area contributed by atoms with Crippen molar-refractivity contribution < 1.29 is 4.74 Å². The topological polar surface area (TPSA) is 48.1 Å². The molecule has 2 heterocycles. The van der Waals surface area contributed by atoms with Crippen molar-refractivity contribution in [3.05, 3.63) is 23.5 Å². The van der Waals surface area contributed by atoms with Gasteiger partial charge in [-0.25, -0.2) is 0 Å². The van der Waals surface area contributed by atoms with Crippen LogP contribution in [0.2, 0.25) is 0 Å². The van der Waals surface area contributed by atoms with Crippen LogP contribution in [0.15, 0.2) is 12.3 Å². The highest BCUT2D eigenvalue weighted by atomic mass is 16.5. The summed E-state index contributed by atoms with van der Waals surface area (Å²) in [5.74, 6) is 1.17. The van der Waals surface area contributed by atoms with Crippen LogP contribution in [-0.4, -0.2) is 18.2 Å². The number of nitrogens with two attached hydrogens (primary N) is 1. The first kappa shape index (κ1) is 12.4. The fourth-order valence-electron chi connectivity index (χ4n) is 2.34. The van der Waals surface area contributed by atoms with Crippen LogP contribution in [0.3, 0.4) is 0 Å². The third kappa shape index (κ3) is 3.19. The number of nitrogen functional groups attached to an aromatic ring is 1. The molecule has 1 fully saturated rings. The Bertz CT molecular complexity index is 370. The summed E-state index contributed by atoms with van der Waals surface area (Å²) in [5.41, 5.74) is 9.25. The van der Waals surface area contributed by atoms with Gasteiger partial charge in [0, 0.05) is 19.4 Å². The molecule has 2 N–H and O–H groups in total. The molecule has 1 aromatic heterocycles. The van der Waals surface area contributed by atoms with Crippen molar-refractivity contribution in [3.63, 3.8) is 0 Å². The number of pyridine rings is 1. The van der Waals surface area contributed by atoms with Gasteiger partial charge in [0.05, 0.1) is 11.4 Å². The maximum atomic E-state index is 6.08. The smallest absolute Gasteiger partial charge is 0.0635 e. The van der Waals surface area contributed by atoms with E-state index in [1.807, 2.05) is 6.20 Å². The minimum atomic E-state index is 0.576. The Hall–Kier alpha value is -1.09. The first-order valence-corrected chi connectivity index (χ1v) is 6.49. The highest BCUT2D eigenvalue weighted by Crippen LogP contribution is 2.28. The monoisotopic (exact) mass is 234 g/mol.